The second-order valence-electron chi connectivity index (χ2n) is 3.93. The molecule has 2 aromatic carbocycles. The average molecular weight is 274 g/mol. The number of primary sulfonamides is 1. The van der Waals surface area contributed by atoms with E-state index in [-0.39, 0.29) is 4.90 Å². The zero-order valence-electron chi connectivity index (χ0n) is 10.2. The third-order valence-electron chi connectivity index (χ3n) is 2.66. The highest BCUT2D eigenvalue weighted by Gasteiger charge is 2.09. The molecule has 0 amide bonds. The van der Waals surface area contributed by atoms with Gasteiger partial charge < -0.3 is 4.90 Å². The molecule has 0 spiro atoms. The van der Waals surface area contributed by atoms with Gasteiger partial charge in [0.1, 0.15) is 0 Å². The lowest BCUT2D eigenvalue weighted by molar-refractivity contribution is 0.598. The Kier molecular flexibility index (Phi) is 3.69. The first-order valence-electron chi connectivity index (χ1n) is 5.62. The lowest BCUT2D eigenvalue weighted by atomic mass is 10.2. The van der Waals surface area contributed by atoms with Crippen LogP contribution in [0.1, 0.15) is 0 Å². The molecule has 0 atom stereocenters. The first kappa shape index (κ1) is 13.3. The smallest absolute Gasteiger partial charge is 0.238 e. The van der Waals surface area contributed by atoms with E-state index in [9.17, 15) is 8.42 Å². The summed E-state index contributed by atoms with van der Waals surface area (Å²) in [7, 11) is -3.66. The van der Waals surface area contributed by atoms with Gasteiger partial charge in [0, 0.05) is 17.6 Å². The minimum absolute atomic E-state index is 0.0910. The minimum atomic E-state index is -3.66. The van der Waals surface area contributed by atoms with E-state index >= 15 is 0 Å². The molecule has 2 aromatic rings. The summed E-state index contributed by atoms with van der Waals surface area (Å²) in [5.74, 6) is 0. The molecule has 0 aliphatic rings. The van der Waals surface area contributed by atoms with Crippen LogP contribution in [0.25, 0.3) is 0 Å². The molecule has 98 valence electrons. The van der Waals surface area contributed by atoms with E-state index in [1.54, 1.807) is 18.3 Å². The molecule has 4 nitrogen and oxygen atoms in total. The van der Waals surface area contributed by atoms with Gasteiger partial charge in [-0.15, -0.1) is 0 Å². The van der Waals surface area contributed by atoms with E-state index in [4.69, 9.17) is 5.14 Å². The van der Waals surface area contributed by atoms with Gasteiger partial charge in [0.25, 0.3) is 0 Å². The van der Waals surface area contributed by atoms with Gasteiger partial charge in [-0.25, -0.2) is 13.6 Å². The highest BCUT2D eigenvalue weighted by molar-refractivity contribution is 7.89. The van der Waals surface area contributed by atoms with Crippen LogP contribution in [0.3, 0.4) is 0 Å². The van der Waals surface area contributed by atoms with Crippen molar-refractivity contribution in [2.24, 2.45) is 5.14 Å². The largest absolute Gasteiger partial charge is 0.318 e. The molecule has 2 N–H and O–H groups in total. The molecule has 0 bridgehead atoms. The van der Waals surface area contributed by atoms with Gasteiger partial charge in [-0.1, -0.05) is 24.8 Å². The molecule has 0 saturated heterocycles. The Bertz CT molecular complexity index is 664. The maximum Gasteiger partial charge on any atom is 0.238 e. The molecule has 0 aromatic heterocycles. The van der Waals surface area contributed by atoms with Crippen molar-refractivity contribution in [1.82, 2.24) is 0 Å². The number of benzene rings is 2. The predicted octanol–water partition coefficient (Wildman–Crippen LogP) is 2.62. The fourth-order valence-corrected chi connectivity index (χ4v) is 2.26. The molecule has 0 aliphatic carbocycles. The molecule has 0 aliphatic heterocycles. The SMILES string of the molecule is C=CN(c1ccccc1)c1ccc(S(N)(=O)=O)cc1. The van der Waals surface area contributed by atoms with Crippen molar-refractivity contribution >= 4 is 21.4 Å². The average Bonchev–Trinajstić information content (AvgIpc) is 2.40. The number of para-hydroxylation sites is 1. The zero-order valence-corrected chi connectivity index (χ0v) is 11.0. The van der Waals surface area contributed by atoms with E-state index in [1.165, 1.54) is 12.1 Å². The summed E-state index contributed by atoms with van der Waals surface area (Å²) in [5, 5.41) is 5.07. The van der Waals surface area contributed by atoms with E-state index in [1.807, 2.05) is 35.2 Å². The van der Waals surface area contributed by atoms with Crippen LogP contribution >= 0.6 is 0 Å². The second-order valence-corrected chi connectivity index (χ2v) is 5.49. The summed E-state index contributed by atoms with van der Waals surface area (Å²) < 4.78 is 22.4. The third kappa shape index (κ3) is 3.01. The van der Waals surface area contributed by atoms with Crippen LogP contribution in [0.5, 0.6) is 0 Å². The Morgan fingerprint density at radius 1 is 0.947 bits per heavy atom. The Balaban J connectivity index is 2.38. The van der Waals surface area contributed by atoms with E-state index in [0.717, 1.165) is 11.4 Å². The Labute approximate surface area is 112 Å². The number of hydrogen-bond acceptors (Lipinski definition) is 3. The van der Waals surface area contributed by atoms with Gasteiger partial charge in [0.2, 0.25) is 10.0 Å². The van der Waals surface area contributed by atoms with Crippen molar-refractivity contribution < 1.29 is 8.42 Å². The van der Waals surface area contributed by atoms with Gasteiger partial charge in [-0.3, -0.25) is 0 Å². The molecule has 0 unspecified atom stereocenters. The quantitative estimate of drug-likeness (QED) is 0.932. The number of anilines is 2. The number of hydrogen-bond donors (Lipinski definition) is 1. The third-order valence-corrected chi connectivity index (χ3v) is 3.59. The van der Waals surface area contributed by atoms with Crippen molar-refractivity contribution in [2.75, 3.05) is 4.90 Å². The van der Waals surface area contributed by atoms with Crippen molar-refractivity contribution in [3.8, 4) is 0 Å². The van der Waals surface area contributed by atoms with E-state index in [2.05, 4.69) is 6.58 Å². The first-order valence-corrected chi connectivity index (χ1v) is 7.17. The second kappa shape index (κ2) is 5.26. The van der Waals surface area contributed by atoms with Crippen LogP contribution in [0, 0.1) is 0 Å². The highest BCUT2D eigenvalue weighted by Crippen LogP contribution is 2.26. The molecule has 5 heteroatoms. The van der Waals surface area contributed by atoms with Gasteiger partial charge in [-0.05, 0) is 36.4 Å². The molecule has 0 saturated carbocycles. The Morgan fingerprint density at radius 2 is 1.47 bits per heavy atom. The van der Waals surface area contributed by atoms with Crippen LogP contribution in [-0.2, 0) is 10.0 Å². The van der Waals surface area contributed by atoms with Crippen molar-refractivity contribution in [1.29, 1.82) is 0 Å². The highest BCUT2D eigenvalue weighted by atomic mass is 32.2. The fraction of sp³-hybridized carbons (Fsp3) is 0. The van der Waals surface area contributed by atoms with Gasteiger partial charge in [0.05, 0.1) is 4.90 Å². The summed E-state index contributed by atoms with van der Waals surface area (Å²) in [6, 6.07) is 16.0. The van der Waals surface area contributed by atoms with Crippen LogP contribution in [0.15, 0.2) is 72.3 Å². The summed E-state index contributed by atoms with van der Waals surface area (Å²) in [4.78, 5) is 1.95. The van der Waals surface area contributed by atoms with Crippen molar-refractivity contribution in [3.63, 3.8) is 0 Å². The first-order chi connectivity index (χ1) is 9.02. The molecule has 0 fully saturated rings. The van der Waals surface area contributed by atoms with E-state index < -0.39 is 10.0 Å². The standard InChI is InChI=1S/C14H14N2O2S/c1-2-16(12-6-4-3-5-7-12)13-8-10-14(11-9-13)19(15,17)18/h2-11H,1H2,(H2,15,17,18). The number of rotatable bonds is 4. The predicted molar refractivity (Wildman–Crippen MR) is 76.6 cm³/mol. The Morgan fingerprint density at radius 3 is 1.95 bits per heavy atom. The van der Waals surface area contributed by atoms with Gasteiger partial charge in [0.15, 0.2) is 0 Å². The fourth-order valence-electron chi connectivity index (χ4n) is 1.74. The normalized spacial score (nSPS) is 11.0. The van der Waals surface area contributed by atoms with Crippen molar-refractivity contribution in [2.45, 2.75) is 4.90 Å². The summed E-state index contributed by atoms with van der Waals surface area (Å²) in [6.45, 7) is 3.77. The molecule has 0 heterocycles. The molecule has 19 heavy (non-hydrogen) atoms. The molecular formula is C14H14N2O2S. The monoisotopic (exact) mass is 274 g/mol. The maximum absolute atomic E-state index is 11.2. The lowest BCUT2D eigenvalue weighted by Gasteiger charge is -2.20. The summed E-state index contributed by atoms with van der Waals surface area (Å²) >= 11 is 0. The van der Waals surface area contributed by atoms with Crippen molar-refractivity contribution in [3.05, 3.63) is 67.4 Å². The number of nitrogens with zero attached hydrogens (tertiary/aromatic N) is 1. The maximum atomic E-state index is 11.2. The van der Waals surface area contributed by atoms with Crippen LogP contribution < -0.4 is 10.0 Å². The lowest BCUT2D eigenvalue weighted by Crippen LogP contribution is -2.12. The summed E-state index contributed by atoms with van der Waals surface area (Å²) in [5.41, 5.74) is 1.76. The van der Waals surface area contributed by atoms with Crippen LogP contribution in [0.2, 0.25) is 0 Å². The van der Waals surface area contributed by atoms with Crippen LogP contribution in [0.4, 0.5) is 11.4 Å². The number of sulfonamides is 1. The molecule has 2 rings (SSSR count). The van der Waals surface area contributed by atoms with Gasteiger partial charge in [-0.2, -0.15) is 0 Å². The van der Waals surface area contributed by atoms with Crippen LogP contribution in [-0.4, -0.2) is 8.42 Å². The topological polar surface area (TPSA) is 63.4 Å². The summed E-state index contributed by atoms with van der Waals surface area (Å²) in [6.07, 6.45) is 1.67. The molecular weight excluding hydrogens is 260 g/mol. The Hall–Kier alpha value is -2.11. The number of nitrogens with two attached hydrogens (primary N) is 1. The minimum Gasteiger partial charge on any atom is -0.318 e. The zero-order chi connectivity index (χ0) is 13.9. The molecule has 0 radical (unpaired) electrons. The van der Waals surface area contributed by atoms with E-state index in [0.29, 0.717) is 0 Å². The van der Waals surface area contributed by atoms with Gasteiger partial charge >= 0.3 is 0 Å².